The van der Waals surface area contributed by atoms with E-state index in [0.717, 1.165) is 18.9 Å². The molecular formula is C14H17FO4. The van der Waals surface area contributed by atoms with Crippen molar-refractivity contribution in [3.05, 3.63) is 29.6 Å². The van der Waals surface area contributed by atoms with Gasteiger partial charge in [-0.1, -0.05) is 13.3 Å². The van der Waals surface area contributed by atoms with Crippen molar-refractivity contribution in [3.8, 4) is 5.75 Å². The molecular weight excluding hydrogens is 251 g/mol. The van der Waals surface area contributed by atoms with Crippen LogP contribution in [0.1, 0.15) is 37.0 Å². The molecule has 1 rings (SSSR count). The van der Waals surface area contributed by atoms with Gasteiger partial charge in [-0.3, -0.25) is 4.79 Å². The number of benzene rings is 1. The molecule has 0 spiro atoms. The molecule has 0 amide bonds. The Morgan fingerprint density at radius 1 is 1.32 bits per heavy atom. The van der Waals surface area contributed by atoms with Gasteiger partial charge in [-0.25, -0.2) is 9.18 Å². The van der Waals surface area contributed by atoms with Gasteiger partial charge in [-0.05, 0) is 25.5 Å². The third kappa shape index (κ3) is 5.07. The Labute approximate surface area is 111 Å². The van der Waals surface area contributed by atoms with Gasteiger partial charge in [0.05, 0.1) is 12.2 Å². The molecule has 1 aromatic rings. The molecule has 19 heavy (non-hydrogen) atoms. The fraction of sp³-hybridized carbons (Fsp3) is 0.429. The minimum Gasteiger partial charge on any atom is -0.482 e. The summed E-state index contributed by atoms with van der Waals surface area (Å²) in [4.78, 5) is 22.3. The van der Waals surface area contributed by atoms with Crippen molar-refractivity contribution in [1.82, 2.24) is 0 Å². The first-order valence-electron chi connectivity index (χ1n) is 6.13. The van der Waals surface area contributed by atoms with Gasteiger partial charge in [-0.15, -0.1) is 0 Å². The summed E-state index contributed by atoms with van der Waals surface area (Å²) in [7, 11) is 0. The summed E-state index contributed by atoms with van der Waals surface area (Å²) in [6.45, 7) is 3.35. The van der Waals surface area contributed by atoms with Crippen LogP contribution in [0.5, 0.6) is 5.75 Å². The zero-order valence-electron chi connectivity index (χ0n) is 11.1. The molecule has 0 bridgehead atoms. The highest BCUT2D eigenvalue weighted by molar-refractivity contribution is 5.94. The molecule has 0 aromatic heterocycles. The molecule has 1 aromatic carbocycles. The van der Waals surface area contributed by atoms with E-state index in [1.807, 2.05) is 6.92 Å². The number of hydrogen-bond acceptors (Lipinski definition) is 4. The minimum atomic E-state index is -0.663. The minimum absolute atomic E-state index is 0.00197. The van der Waals surface area contributed by atoms with Gasteiger partial charge in [0.2, 0.25) is 0 Å². The Morgan fingerprint density at radius 3 is 2.63 bits per heavy atom. The van der Waals surface area contributed by atoms with Crippen molar-refractivity contribution in [2.45, 2.75) is 26.7 Å². The normalized spacial score (nSPS) is 10.1. The van der Waals surface area contributed by atoms with Crippen LogP contribution < -0.4 is 4.74 Å². The Balaban J connectivity index is 2.48. The summed E-state index contributed by atoms with van der Waals surface area (Å²) >= 11 is 0. The first-order chi connectivity index (χ1) is 9.04. The highest BCUT2D eigenvalue weighted by Crippen LogP contribution is 2.17. The van der Waals surface area contributed by atoms with Gasteiger partial charge in [0.1, 0.15) is 11.6 Å². The van der Waals surface area contributed by atoms with E-state index in [9.17, 15) is 14.0 Å². The van der Waals surface area contributed by atoms with Crippen molar-refractivity contribution in [1.29, 1.82) is 0 Å². The number of carbonyl (C=O) groups excluding carboxylic acids is 2. The predicted octanol–water partition coefficient (Wildman–Crippen LogP) is 2.75. The number of ketones is 1. The third-order valence-corrected chi connectivity index (χ3v) is 2.44. The number of carbonyl (C=O) groups is 2. The lowest BCUT2D eigenvalue weighted by Gasteiger charge is -2.07. The molecule has 104 valence electrons. The summed E-state index contributed by atoms with van der Waals surface area (Å²) in [5.41, 5.74) is -0.00197. The van der Waals surface area contributed by atoms with E-state index in [2.05, 4.69) is 0 Å². The average Bonchev–Trinajstić information content (AvgIpc) is 2.36. The van der Waals surface area contributed by atoms with E-state index in [1.54, 1.807) is 0 Å². The maximum absolute atomic E-state index is 13.5. The van der Waals surface area contributed by atoms with E-state index in [-0.39, 0.29) is 23.7 Å². The van der Waals surface area contributed by atoms with Crippen LogP contribution in [0, 0.1) is 5.82 Å². The molecule has 0 aliphatic heterocycles. The number of halogens is 1. The summed E-state index contributed by atoms with van der Waals surface area (Å²) in [5.74, 6) is -1.33. The lowest BCUT2D eigenvalue weighted by Crippen LogP contribution is -2.15. The van der Waals surface area contributed by atoms with Gasteiger partial charge < -0.3 is 9.47 Å². The first kappa shape index (κ1) is 15.1. The van der Waals surface area contributed by atoms with Gasteiger partial charge in [-0.2, -0.15) is 0 Å². The SMILES string of the molecule is CCCCOC(=O)COc1ccc(C(C)=O)c(F)c1. The topological polar surface area (TPSA) is 52.6 Å². The molecule has 0 atom stereocenters. The van der Waals surface area contributed by atoms with Crippen LogP contribution >= 0.6 is 0 Å². The zero-order valence-corrected chi connectivity index (χ0v) is 11.1. The van der Waals surface area contributed by atoms with E-state index in [4.69, 9.17) is 9.47 Å². The standard InChI is InChI=1S/C14H17FO4/c1-3-4-7-18-14(17)9-19-11-5-6-12(10(2)16)13(15)8-11/h5-6,8H,3-4,7,9H2,1-2H3. The number of Topliss-reactive ketones (excluding diaryl/α,β-unsaturated/α-hetero) is 1. The van der Waals surface area contributed by atoms with Gasteiger partial charge in [0, 0.05) is 6.07 Å². The van der Waals surface area contributed by atoms with Gasteiger partial charge in [0.15, 0.2) is 12.4 Å². The van der Waals surface area contributed by atoms with Crippen LogP contribution in [-0.2, 0) is 9.53 Å². The maximum atomic E-state index is 13.5. The van der Waals surface area contributed by atoms with Gasteiger partial charge >= 0.3 is 5.97 Å². The van der Waals surface area contributed by atoms with Crippen LogP contribution in [0.2, 0.25) is 0 Å². The van der Waals surface area contributed by atoms with Crippen molar-refractivity contribution in [2.75, 3.05) is 13.2 Å². The first-order valence-corrected chi connectivity index (χ1v) is 6.13. The van der Waals surface area contributed by atoms with E-state index < -0.39 is 11.8 Å². The Bertz CT molecular complexity index is 457. The number of ether oxygens (including phenoxy) is 2. The average molecular weight is 268 g/mol. The van der Waals surface area contributed by atoms with E-state index >= 15 is 0 Å². The molecule has 0 aliphatic rings. The lowest BCUT2D eigenvalue weighted by molar-refractivity contribution is -0.146. The molecule has 0 saturated carbocycles. The largest absolute Gasteiger partial charge is 0.482 e. The van der Waals surface area contributed by atoms with Crippen LogP contribution in [0.25, 0.3) is 0 Å². The lowest BCUT2D eigenvalue weighted by atomic mass is 10.1. The second kappa shape index (κ2) is 7.51. The number of hydrogen-bond donors (Lipinski definition) is 0. The molecule has 0 radical (unpaired) electrons. The molecule has 4 nitrogen and oxygen atoms in total. The molecule has 0 saturated heterocycles. The molecule has 0 aliphatic carbocycles. The van der Waals surface area contributed by atoms with Gasteiger partial charge in [0.25, 0.3) is 0 Å². The van der Waals surface area contributed by atoms with E-state index in [0.29, 0.717) is 6.61 Å². The van der Waals surface area contributed by atoms with Crippen LogP contribution in [0.15, 0.2) is 18.2 Å². The third-order valence-electron chi connectivity index (χ3n) is 2.44. The van der Waals surface area contributed by atoms with Crippen molar-refractivity contribution < 1.29 is 23.5 Å². The molecule has 0 N–H and O–H groups in total. The molecule has 0 unspecified atom stereocenters. The summed E-state index contributed by atoms with van der Waals surface area (Å²) in [5, 5.41) is 0. The summed E-state index contributed by atoms with van der Waals surface area (Å²) in [6.07, 6.45) is 1.74. The predicted molar refractivity (Wildman–Crippen MR) is 67.8 cm³/mol. The highest BCUT2D eigenvalue weighted by Gasteiger charge is 2.09. The summed E-state index contributed by atoms with van der Waals surface area (Å²) in [6, 6.07) is 3.85. The number of esters is 1. The van der Waals surface area contributed by atoms with Crippen LogP contribution in [-0.4, -0.2) is 25.0 Å². The smallest absolute Gasteiger partial charge is 0.344 e. The quantitative estimate of drug-likeness (QED) is 0.433. The second-order valence-corrected chi connectivity index (χ2v) is 4.06. The van der Waals surface area contributed by atoms with Crippen LogP contribution in [0.3, 0.4) is 0 Å². The zero-order chi connectivity index (χ0) is 14.3. The monoisotopic (exact) mass is 268 g/mol. The van der Waals surface area contributed by atoms with Crippen molar-refractivity contribution in [3.63, 3.8) is 0 Å². The molecule has 0 heterocycles. The summed E-state index contributed by atoms with van der Waals surface area (Å²) < 4.78 is 23.4. The Morgan fingerprint density at radius 2 is 2.05 bits per heavy atom. The van der Waals surface area contributed by atoms with Crippen molar-refractivity contribution >= 4 is 11.8 Å². The fourth-order valence-electron chi connectivity index (χ4n) is 1.39. The number of unbranched alkanes of at least 4 members (excludes halogenated alkanes) is 1. The van der Waals surface area contributed by atoms with Crippen LogP contribution in [0.4, 0.5) is 4.39 Å². The number of rotatable bonds is 7. The molecule has 0 fully saturated rings. The highest BCUT2D eigenvalue weighted by atomic mass is 19.1. The fourth-order valence-corrected chi connectivity index (χ4v) is 1.39. The maximum Gasteiger partial charge on any atom is 0.344 e. The molecule has 5 heteroatoms. The van der Waals surface area contributed by atoms with Crippen molar-refractivity contribution in [2.24, 2.45) is 0 Å². The second-order valence-electron chi connectivity index (χ2n) is 4.06. The Kier molecular flexibility index (Phi) is 5.99. The van der Waals surface area contributed by atoms with E-state index in [1.165, 1.54) is 19.1 Å². The Hall–Kier alpha value is -1.91.